The van der Waals surface area contributed by atoms with Gasteiger partial charge in [-0.1, -0.05) is 30.3 Å². The Morgan fingerprint density at radius 3 is 2.53 bits per heavy atom. The van der Waals surface area contributed by atoms with Gasteiger partial charge < -0.3 is 9.64 Å². The van der Waals surface area contributed by atoms with Crippen LogP contribution >= 0.6 is 0 Å². The second kappa shape index (κ2) is 3.58. The van der Waals surface area contributed by atoms with Crippen LogP contribution < -0.4 is 0 Å². The molecule has 0 N–H and O–H groups in total. The van der Waals surface area contributed by atoms with Crippen LogP contribution in [0.25, 0.3) is 0 Å². The van der Waals surface area contributed by atoms with Gasteiger partial charge in [0.1, 0.15) is 12.4 Å². The fourth-order valence-corrected chi connectivity index (χ4v) is 2.18. The minimum absolute atomic E-state index is 0.175. The summed E-state index contributed by atoms with van der Waals surface area (Å²) < 4.78 is 5.16. The minimum atomic E-state index is -0.320. The van der Waals surface area contributed by atoms with Crippen molar-refractivity contribution < 1.29 is 14.3 Å². The Morgan fingerprint density at radius 1 is 1.29 bits per heavy atom. The molecule has 1 saturated heterocycles. The first-order valence-electron chi connectivity index (χ1n) is 5.69. The van der Waals surface area contributed by atoms with Crippen molar-refractivity contribution in [1.82, 2.24) is 4.90 Å². The number of ether oxygens (including phenoxy) is 1. The number of hydrogen-bond donors (Lipinski definition) is 0. The number of amides is 1. The van der Waals surface area contributed by atoms with Crippen LogP contribution in [0.15, 0.2) is 30.3 Å². The zero-order valence-electron chi connectivity index (χ0n) is 9.39. The Labute approximate surface area is 99.2 Å². The lowest BCUT2D eigenvalue weighted by Gasteiger charge is -2.37. The highest BCUT2D eigenvalue weighted by molar-refractivity contribution is 6.03. The predicted octanol–water partition coefficient (Wildman–Crippen LogP) is 1.60. The number of nitrogens with zero attached hydrogens (tertiary/aromatic N) is 1. The molecule has 2 fully saturated rings. The molecular weight excluding hydrogens is 218 g/mol. The fourth-order valence-electron chi connectivity index (χ4n) is 2.18. The maximum Gasteiger partial charge on any atom is 0.410 e. The Bertz CT molecular complexity index is 463. The third-order valence-electron chi connectivity index (χ3n) is 3.42. The topological polar surface area (TPSA) is 46.6 Å². The molecule has 4 nitrogen and oxygen atoms in total. The summed E-state index contributed by atoms with van der Waals surface area (Å²) in [5.74, 6) is 0.282. The Balaban J connectivity index is 1.47. The summed E-state index contributed by atoms with van der Waals surface area (Å²) in [6.45, 7) is 1.37. The normalized spacial score (nSPS) is 20.0. The van der Waals surface area contributed by atoms with E-state index in [-0.39, 0.29) is 23.9 Å². The molecular formula is C13H13NO3. The molecule has 1 heterocycles. The van der Waals surface area contributed by atoms with E-state index in [9.17, 15) is 9.59 Å². The van der Waals surface area contributed by atoms with E-state index >= 15 is 0 Å². The second-order valence-corrected chi connectivity index (χ2v) is 4.78. The minimum Gasteiger partial charge on any atom is -0.445 e. The number of likely N-dealkylation sites (tertiary alicyclic amines) is 1. The van der Waals surface area contributed by atoms with Crippen molar-refractivity contribution in [2.45, 2.75) is 13.0 Å². The highest BCUT2D eigenvalue weighted by atomic mass is 16.6. The maximum atomic E-state index is 11.6. The lowest BCUT2D eigenvalue weighted by molar-refractivity contribution is -0.115. The summed E-state index contributed by atoms with van der Waals surface area (Å²) in [5, 5.41) is 0. The third-order valence-corrected chi connectivity index (χ3v) is 3.42. The van der Waals surface area contributed by atoms with Crippen LogP contribution in [0, 0.1) is 5.41 Å². The van der Waals surface area contributed by atoms with Crippen LogP contribution in [0.1, 0.15) is 12.0 Å². The van der Waals surface area contributed by atoms with Gasteiger partial charge in [0.25, 0.3) is 0 Å². The van der Waals surface area contributed by atoms with Crippen LogP contribution in [0.3, 0.4) is 0 Å². The van der Waals surface area contributed by atoms with Crippen molar-refractivity contribution in [3.63, 3.8) is 0 Å². The molecule has 1 aliphatic heterocycles. The lowest BCUT2D eigenvalue weighted by Crippen LogP contribution is -2.52. The predicted molar refractivity (Wildman–Crippen MR) is 60.3 cm³/mol. The van der Waals surface area contributed by atoms with Crippen LogP contribution in [-0.4, -0.2) is 29.9 Å². The van der Waals surface area contributed by atoms with Crippen LogP contribution in [0.4, 0.5) is 4.79 Å². The molecule has 1 aromatic carbocycles. The molecule has 0 bridgehead atoms. The number of ketones is 1. The molecule has 3 rings (SSSR count). The maximum absolute atomic E-state index is 11.6. The molecule has 17 heavy (non-hydrogen) atoms. The Morgan fingerprint density at radius 2 is 1.94 bits per heavy atom. The highest BCUT2D eigenvalue weighted by Crippen LogP contribution is 2.49. The molecule has 88 valence electrons. The Kier molecular flexibility index (Phi) is 2.18. The summed E-state index contributed by atoms with van der Waals surface area (Å²) in [6, 6.07) is 9.56. The van der Waals surface area contributed by atoms with Crippen molar-refractivity contribution >= 4 is 11.9 Å². The summed E-state index contributed by atoms with van der Waals surface area (Å²) >= 11 is 0. The fraction of sp³-hybridized carbons (Fsp3) is 0.385. The number of Topliss-reactive ketones (excluding diaryl/α,β-unsaturated/α-hetero) is 1. The van der Waals surface area contributed by atoms with E-state index in [2.05, 4.69) is 0 Å². The van der Waals surface area contributed by atoms with Gasteiger partial charge in [0.2, 0.25) is 0 Å². The zero-order valence-corrected chi connectivity index (χ0v) is 9.39. The van der Waals surface area contributed by atoms with Gasteiger partial charge in [-0.2, -0.15) is 0 Å². The quantitative estimate of drug-likeness (QED) is 0.776. The molecule has 0 unspecified atom stereocenters. The van der Waals surface area contributed by atoms with Gasteiger partial charge >= 0.3 is 6.09 Å². The van der Waals surface area contributed by atoms with E-state index in [1.165, 1.54) is 0 Å². The summed E-state index contributed by atoms with van der Waals surface area (Å²) in [6.07, 6.45) is 0.314. The van der Waals surface area contributed by atoms with Gasteiger partial charge in [0.15, 0.2) is 0 Å². The summed E-state index contributed by atoms with van der Waals surface area (Å²) in [5.41, 5.74) is 0.796. The van der Waals surface area contributed by atoms with Gasteiger partial charge in [0.05, 0.1) is 5.41 Å². The molecule has 1 spiro atoms. The molecule has 0 atom stereocenters. The van der Waals surface area contributed by atoms with E-state index in [1.54, 1.807) is 4.90 Å². The molecule has 4 heteroatoms. The van der Waals surface area contributed by atoms with Crippen LogP contribution in [0.5, 0.6) is 0 Å². The molecule has 1 amide bonds. The average molecular weight is 231 g/mol. The van der Waals surface area contributed by atoms with Gasteiger partial charge in [-0.15, -0.1) is 0 Å². The average Bonchev–Trinajstić information content (AvgIpc) is 2.97. The zero-order chi connectivity index (χ0) is 11.9. The molecule has 0 radical (unpaired) electrons. The van der Waals surface area contributed by atoms with E-state index < -0.39 is 0 Å². The number of rotatable bonds is 2. The summed E-state index contributed by atoms with van der Waals surface area (Å²) in [4.78, 5) is 24.3. The molecule has 2 aliphatic rings. The van der Waals surface area contributed by atoms with Crippen LogP contribution in [-0.2, 0) is 16.1 Å². The van der Waals surface area contributed by atoms with Crippen molar-refractivity contribution in [2.24, 2.45) is 5.41 Å². The lowest BCUT2D eigenvalue weighted by atomic mass is 9.97. The number of carbonyl (C=O) groups excluding carboxylic acids is 2. The molecule has 0 aromatic heterocycles. The smallest absolute Gasteiger partial charge is 0.410 e. The van der Waals surface area contributed by atoms with Crippen LogP contribution in [0.2, 0.25) is 0 Å². The number of benzene rings is 1. The van der Waals surface area contributed by atoms with Crippen molar-refractivity contribution in [2.75, 3.05) is 13.1 Å². The standard InChI is InChI=1S/C13H13NO3/c15-11-6-13(11)8-14(9-13)12(16)17-7-10-4-2-1-3-5-10/h1-5H,6-9H2. The van der Waals surface area contributed by atoms with E-state index in [0.717, 1.165) is 5.56 Å². The largest absolute Gasteiger partial charge is 0.445 e. The monoisotopic (exact) mass is 231 g/mol. The van der Waals surface area contributed by atoms with E-state index in [0.29, 0.717) is 19.5 Å². The number of hydrogen-bond acceptors (Lipinski definition) is 3. The van der Waals surface area contributed by atoms with E-state index in [1.807, 2.05) is 30.3 Å². The highest BCUT2D eigenvalue weighted by Gasteiger charge is 2.62. The first-order chi connectivity index (χ1) is 8.20. The van der Waals surface area contributed by atoms with Gasteiger partial charge in [-0.3, -0.25) is 4.79 Å². The van der Waals surface area contributed by atoms with Gasteiger partial charge in [-0.25, -0.2) is 4.79 Å². The second-order valence-electron chi connectivity index (χ2n) is 4.78. The third kappa shape index (κ3) is 1.79. The number of carbonyl (C=O) groups is 2. The molecule has 1 aromatic rings. The van der Waals surface area contributed by atoms with Gasteiger partial charge in [-0.05, 0) is 5.56 Å². The Hall–Kier alpha value is -1.84. The van der Waals surface area contributed by atoms with Crippen molar-refractivity contribution in [3.05, 3.63) is 35.9 Å². The summed E-state index contributed by atoms with van der Waals surface area (Å²) in [7, 11) is 0. The molecule has 1 aliphatic carbocycles. The first kappa shape index (κ1) is 10.3. The molecule has 1 saturated carbocycles. The first-order valence-corrected chi connectivity index (χ1v) is 5.69. The van der Waals surface area contributed by atoms with E-state index in [4.69, 9.17) is 4.74 Å². The van der Waals surface area contributed by atoms with Crippen molar-refractivity contribution in [1.29, 1.82) is 0 Å². The van der Waals surface area contributed by atoms with Gasteiger partial charge in [0, 0.05) is 19.5 Å². The SMILES string of the molecule is O=C(OCc1ccccc1)N1CC2(CC2=O)C1. The van der Waals surface area contributed by atoms with Crippen molar-refractivity contribution in [3.8, 4) is 0 Å².